The molecule has 324 valence electrons. The van der Waals surface area contributed by atoms with Crippen LogP contribution in [0.4, 0.5) is 0 Å². The number of aryl methyl sites for hydroxylation is 3. The third kappa shape index (κ3) is 12.3. The number of carboxylic acid groups (broad SMARTS) is 1. The molecular formula is C38H46Cl2N8O12. The highest BCUT2D eigenvalue weighted by Crippen LogP contribution is 2.39. The Bertz CT molecular complexity index is 2160. The van der Waals surface area contributed by atoms with E-state index in [1.165, 1.54) is 13.2 Å². The fourth-order valence-corrected chi connectivity index (χ4v) is 6.89. The lowest BCUT2D eigenvalue weighted by Crippen LogP contribution is -2.52. The molecule has 0 radical (unpaired) electrons. The maximum atomic E-state index is 13.3. The molecule has 1 fully saturated rings. The molecule has 0 unspecified atom stereocenters. The molecule has 3 heterocycles. The van der Waals surface area contributed by atoms with Gasteiger partial charge in [-0.2, -0.15) is 0 Å². The summed E-state index contributed by atoms with van der Waals surface area (Å²) in [6.07, 6.45) is -0.436. The number of carbonyl (C=O) groups excluding carboxylic acids is 4. The number of nitrogens with zero attached hydrogens (tertiary/aromatic N) is 5. The van der Waals surface area contributed by atoms with E-state index in [9.17, 15) is 34.2 Å². The second-order valence-corrected chi connectivity index (χ2v) is 14.5. The van der Waals surface area contributed by atoms with Crippen LogP contribution in [-0.2, 0) is 59.5 Å². The number of benzene rings is 2. The number of hydrogen-bond acceptors (Lipinski definition) is 14. The van der Waals surface area contributed by atoms with E-state index in [1.54, 1.807) is 17.8 Å². The second kappa shape index (κ2) is 21.7. The topological polar surface area (TPSA) is 268 Å². The molecule has 20 nitrogen and oxygen atoms in total. The van der Waals surface area contributed by atoms with Gasteiger partial charge >= 0.3 is 11.9 Å². The highest BCUT2D eigenvalue weighted by Gasteiger charge is 2.41. The van der Waals surface area contributed by atoms with Crippen LogP contribution >= 0.6 is 23.2 Å². The van der Waals surface area contributed by atoms with E-state index in [-0.39, 0.29) is 59.9 Å². The molecule has 6 N–H and O–H groups in total. The first kappa shape index (κ1) is 45.7. The number of aliphatic hydroxyl groups is 2. The number of rotatable bonds is 21. The van der Waals surface area contributed by atoms with E-state index >= 15 is 0 Å². The number of halogens is 2. The number of carboxylic acids is 1. The molecule has 5 rings (SSSR count). The number of amides is 3. The Balaban J connectivity index is 1.11. The highest BCUT2D eigenvalue weighted by atomic mass is 35.5. The minimum Gasteiger partial charge on any atom is -0.483 e. The van der Waals surface area contributed by atoms with Gasteiger partial charge in [0.05, 0.1) is 64.2 Å². The van der Waals surface area contributed by atoms with E-state index in [4.69, 9.17) is 52.2 Å². The second-order valence-electron chi connectivity index (χ2n) is 13.8. The summed E-state index contributed by atoms with van der Waals surface area (Å²) in [5.74, 6) is -2.91. The summed E-state index contributed by atoms with van der Waals surface area (Å²) >= 11 is 13.3. The summed E-state index contributed by atoms with van der Waals surface area (Å²) < 4.78 is 26.2. The Hall–Kier alpha value is -5.38. The van der Waals surface area contributed by atoms with Crippen molar-refractivity contribution < 1.29 is 58.2 Å². The number of carbonyl (C=O) groups is 5. The van der Waals surface area contributed by atoms with Crippen molar-refractivity contribution in [2.24, 2.45) is 0 Å². The molecule has 0 bridgehead atoms. The number of ether oxygens (including phenoxy) is 4. The Morgan fingerprint density at radius 3 is 2.43 bits per heavy atom. The fourth-order valence-electron chi connectivity index (χ4n) is 6.32. The molecule has 4 atom stereocenters. The van der Waals surface area contributed by atoms with E-state index in [2.05, 4.69) is 26.3 Å². The number of hydrogen-bond donors (Lipinski definition) is 6. The van der Waals surface area contributed by atoms with Crippen molar-refractivity contribution in [3.63, 3.8) is 0 Å². The van der Waals surface area contributed by atoms with Crippen molar-refractivity contribution >= 4 is 63.9 Å². The summed E-state index contributed by atoms with van der Waals surface area (Å²) in [6.45, 7) is 0.922. The van der Waals surface area contributed by atoms with Crippen molar-refractivity contribution in [3.05, 3.63) is 69.2 Å². The maximum Gasteiger partial charge on any atom is 0.339 e. The van der Waals surface area contributed by atoms with E-state index in [0.717, 1.165) is 16.7 Å². The van der Waals surface area contributed by atoms with Gasteiger partial charge in [0.25, 0.3) is 0 Å². The first-order valence-corrected chi connectivity index (χ1v) is 19.7. The van der Waals surface area contributed by atoms with Gasteiger partial charge in [-0.3, -0.25) is 23.9 Å². The van der Waals surface area contributed by atoms with Crippen LogP contribution < -0.4 is 20.7 Å². The minimum atomic E-state index is -1.21. The van der Waals surface area contributed by atoms with E-state index in [1.807, 2.05) is 28.8 Å². The van der Waals surface area contributed by atoms with Gasteiger partial charge in [-0.1, -0.05) is 40.5 Å². The number of aliphatic carboxylic acids is 1. The zero-order chi connectivity index (χ0) is 43.3. The molecule has 2 aromatic heterocycles. The number of para-hydroxylation sites is 2. The fraction of sp³-hybridized carbons (Fsp3) is 0.474. The lowest BCUT2D eigenvalue weighted by molar-refractivity contribution is -0.261. The lowest BCUT2D eigenvalue weighted by Gasteiger charge is -2.37. The first-order valence-electron chi connectivity index (χ1n) is 18.9. The Morgan fingerprint density at radius 2 is 1.72 bits per heavy atom. The smallest absolute Gasteiger partial charge is 0.339 e. The van der Waals surface area contributed by atoms with Crippen molar-refractivity contribution in [1.82, 2.24) is 40.5 Å². The molecule has 2 aromatic carbocycles. The summed E-state index contributed by atoms with van der Waals surface area (Å²) in [4.78, 5) is 64.1. The zero-order valence-electron chi connectivity index (χ0n) is 32.8. The van der Waals surface area contributed by atoms with Gasteiger partial charge in [-0.05, 0) is 49.9 Å². The van der Waals surface area contributed by atoms with Crippen LogP contribution in [0, 0.1) is 6.92 Å². The molecule has 0 saturated carbocycles. The summed E-state index contributed by atoms with van der Waals surface area (Å²) in [6, 6.07) is 9.01. The van der Waals surface area contributed by atoms with Crippen molar-refractivity contribution in [1.29, 1.82) is 0 Å². The molecule has 1 saturated heterocycles. The van der Waals surface area contributed by atoms with Gasteiger partial charge in [0.2, 0.25) is 17.7 Å². The van der Waals surface area contributed by atoms with E-state index < -0.39 is 61.4 Å². The maximum absolute atomic E-state index is 13.3. The minimum absolute atomic E-state index is 0.00924. The van der Waals surface area contributed by atoms with E-state index in [0.29, 0.717) is 43.7 Å². The van der Waals surface area contributed by atoms with Crippen LogP contribution in [0.3, 0.4) is 0 Å². The molecule has 60 heavy (non-hydrogen) atoms. The standard InChI is InChI=1S/C38H46Cl2N8O12/c1-21-24(37(56)60-36-28(50)13-23(19-49)59-38(36)57-2)14-25(39)35(34(21)40)58-20-29-44-26-8-3-4-9-27(26)48(29)12-5-7-22-18-47(46-45-22)11-6-10-30(51)41-15-31(52)42-16-32(53)43-17-33(54)55/h3-4,8-9,14,18,23,28,36,38,49-50H,5-7,10-13,15-17,19-20H2,1-2H3,(H,41,51)(H,42,52)(H,43,53)(H,54,55)/t23-,28-,36+,38-/m0/s1. The van der Waals surface area contributed by atoms with Gasteiger partial charge in [-0.25, -0.2) is 9.78 Å². The molecule has 1 aliphatic heterocycles. The number of nitrogens with one attached hydrogen (secondary N) is 3. The van der Waals surface area contributed by atoms with Gasteiger partial charge < -0.3 is 54.8 Å². The van der Waals surface area contributed by atoms with Gasteiger partial charge in [-0.15, -0.1) is 5.10 Å². The Labute approximate surface area is 353 Å². The summed E-state index contributed by atoms with van der Waals surface area (Å²) in [7, 11) is 1.33. The van der Waals surface area contributed by atoms with Crippen LogP contribution in [0.1, 0.15) is 53.1 Å². The third-order valence-electron chi connectivity index (χ3n) is 9.40. The van der Waals surface area contributed by atoms with Crippen LogP contribution in [-0.4, -0.2) is 127 Å². The number of fused-ring (bicyclic) bond motifs is 1. The van der Waals surface area contributed by atoms with Crippen LogP contribution in [0.2, 0.25) is 10.0 Å². The first-order chi connectivity index (χ1) is 28.8. The molecule has 4 aromatic rings. The zero-order valence-corrected chi connectivity index (χ0v) is 34.3. The SMILES string of the molecule is CO[C@H]1O[C@H](CO)C[C@H](O)[C@H]1OC(=O)c1cc(Cl)c(OCc2nc3ccccc3n2CCCc2cn(CCCC(=O)NCC(=O)NCC(=O)NCC(=O)O)nn2)c(Cl)c1C. The van der Waals surface area contributed by atoms with Crippen molar-refractivity contribution in [2.75, 3.05) is 33.4 Å². The number of imidazole rings is 1. The predicted molar refractivity (Wildman–Crippen MR) is 212 cm³/mol. The number of aromatic nitrogens is 5. The van der Waals surface area contributed by atoms with Gasteiger partial charge in [0.1, 0.15) is 19.0 Å². The number of methoxy groups -OCH3 is 1. The van der Waals surface area contributed by atoms with Gasteiger partial charge in [0.15, 0.2) is 18.1 Å². The van der Waals surface area contributed by atoms with Gasteiger partial charge in [0, 0.05) is 39.2 Å². The molecular weight excluding hydrogens is 831 g/mol. The average Bonchev–Trinajstić information content (AvgIpc) is 3.83. The quantitative estimate of drug-likeness (QED) is 0.0645. The monoisotopic (exact) mass is 876 g/mol. The third-order valence-corrected chi connectivity index (χ3v) is 10.1. The summed E-state index contributed by atoms with van der Waals surface area (Å²) in [5, 5.41) is 44.0. The molecule has 3 amide bonds. The number of esters is 1. The molecule has 1 aliphatic rings. The normalized spacial score (nSPS) is 17.6. The summed E-state index contributed by atoms with van der Waals surface area (Å²) in [5.41, 5.74) is 2.78. The molecule has 0 spiro atoms. The number of aliphatic hydroxyl groups excluding tert-OH is 2. The van der Waals surface area contributed by atoms with Crippen molar-refractivity contribution in [3.8, 4) is 5.75 Å². The molecule has 0 aliphatic carbocycles. The highest BCUT2D eigenvalue weighted by molar-refractivity contribution is 6.38. The van der Waals surface area contributed by atoms with Crippen LogP contribution in [0.15, 0.2) is 36.5 Å². The van der Waals surface area contributed by atoms with Crippen LogP contribution in [0.5, 0.6) is 5.75 Å². The molecule has 22 heteroatoms. The van der Waals surface area contributed by atoms with Crippen molar-refractivity contribution in [2.45, 2.75) is 83.3 Å². The average molecular weight is 878 g/mol. The lowest BCUT2D eigenvalue weighted by atomic mass is 10.0. The predicted octanol–water partition coefficient (Wildman–Crippen LogP) is 1.31. The largest absolute Gasteiger partial charge is 0.483 e. The Kier molecular flexibility index (Phi) is 16.6. The Morgan fingerprint density at radius 1 is 1.00 bits per heavy atom. The van der Waals surface area contributed by atoms with Crippen LogP contribution in [0.25, 0.3) is 11.0 Å².